The summed E-state index contributed by atoms with van der Waals surface area (Å²) >= 11 is 0. The van der Waals surface area contributed by atoms with Crippen LogP contribution in [0.4, 0.5) is 5.69 Å². The lowest BCUT2D eigenvalue weighted by molar-refractivity contribution is 0.0954. The van der Waals surface area contributed by atoms with E-state index in [9.17, 15) is 9.59 Å². The third kappa shape index (κ3) is 5.62. The van der Waals surface area contributed by atoms with E-state index in [2.05, 4.69) is 24.5 Å². The molecule has 0 heterocycles. The van der Waals surface area contributed by atoms with Gasteiger partial charge in [0.05, 0.1) is 12.2 Å². The molecule has 0 aliphatic carbocycles. The zero-order chi connectivity index (χ0) is 18.9. The summed E-state index contributed by atoms with van der Waals surface area (Å²) in [4.78, 5) is 24.6. The highest BCUT2D eigenvalue weighted by molar-refractivity contribution is 6.06. The fourth-order valence-corrected chi connectivity index (χ4v) is 2.38. The summed E-state index contributed by atoms with van der Waals surface area (Å²) in [6.45, 7) is 7.23. The number of benzene rings is 2. The fraction of sp³-hybridized carbons (Fsp3) is 0.333. The van der Waals surface area contributed by atoms with Crippen molar-refractivity contribution in [3.63, 3.8) is 0 Å². The lowest BCUT2D eigenvalue weighted by Crippen LogP contribution is -2.22. The number of carbonyl (C=O) groups excluding carboxylic acids is 2. The normalized spacial score (nSPS) is 10.5. The molecule has 2 aromatic carbocycles. The molecule has 0 aromatic heterocycles. The molecule has 5 heteroatoms. The monoisotopic (exact) mass is 354 g/mol. The van der Waals surface area contributed by atoms with Gasteiger partial charge < -0.3 is 15.4 Å². The van der Waals surface area contributed by atoms with Gasteiger partial charge in [0.1, 0.15) is 5.75 Å². The van der Waals surface area contributed by atoms with Gasteiger partial charge in [-0.05, 0) is 49.6 Å². The van der Waals surface area contributed by atoms with Crippen LogP contribution < -0.4 is 15.4 Å². The highest BCUT2D eigenvalue weighted by atomic mass is 16.5. The molecule has 0 aliphatic rings. The molecule has 0 spiro atoms. The van der Waals surface area contributed by atoms with E-state index in [1.165, 1.54) is 0 Å². The van der Waals surface area contributed by atoms with E-state index < -0.39 is 0 Å². The Hall–Kier alpha value is -2.82. The topological polar surface area (TPSA) is 67.4 Å². The molecule has 0 atom stereocenters. The van der Waals surface area contributed by atoms with Gasteiger partial charge in [-0.25, -0.2) is 0 Å². The number of nitrogens with one attached hydrogen (secondary N) is 2. The van der Waals surface area contributed by atoms with Crippen LogP contribution in [0.2, 0.25) is 0 Å². The molecular weight excluding hydrogens is 328 g/mol. The first-order chi connectivity index (χ1) is 12.5. The van der Waals surface area contributed by atoms with E-state index in [1.54, 1.807) is 42.5 Å². The van der Waals surface area contributed by atoms with Gasteiger partial charge in [0.25, 0.3) is 11.8 Å². The molecule has 0 radical (unpaired) electrons. The number of rotatable bonds is 8. The zero-order valence-corrected chi connectivity index (χ0v) is 15.5. The van der Waals surface area contributed by atoms with Gasteiger partial charge in [-0.2, -0.15) is 0 Å². The average Bonchev–Trinajstić information content (AvgIpc) is 2.62. The van der Waals surface area contributed by atoms with Crippen molar-refractivity contribution in [3.05, 3.63) is 59.7 Å². The van der Waals surface area contributed by atoms with Crippen LogP contribution in [0.15, 0.2) is 48.5 Å². The molecule has 26 heavy (non-hydrogen) atoms. The highest BCUT2D eigenvalue weighted by Crippen LogP contribution is 2.21. The van der Waals surface area contributed by atoms with Gasteiger partial charge in [-0.15, -0.1) is 0 Å². The molecule has 2 N–H and O–H groups in total. The minimum Gasteiger partial charge on any atom is -0.493 e. The van der Waals surface area contributed by atoms with Crippen LogP contribution >= 0.6 is 0 Å². The van der Waals surface area contributed by atoms with Crippen LogP contribution in [0.5, 0.6) is 5.75 Å². The number of hydrogen-bond acceptors (Lipinski definition) is 3. The number of anilines is 1. The maximum absolute atomic E-state index is 12.6. The van der Waals surface area contributed by atoms with E-state index in [0.717, 1.165) is 6.42 Å². The minimum absolute atomic E-state index is 0.166. The van der Waals surface area contributed by atoms with Crippen molar-refractivity contribution >= 4 is 17.5 Å². The fourth-order valence-electron chi connectivity index (χ4n) is 2.38. The third-order valence-electron chi connectivity index (χ3n) is 3.80. The van der Waals surface area contributed by atoms with Crippen molar-refractivity contribution in [2.45, 2.75) is 27.2 Å². The average molecular weight is 354 g/mol. The Morgan fingerprint density at radius 3 is 2.54 bits per heavy atom. The molecule has 5 nitrogen and oxygen atoms in total. The quantitative estimate of drug-likeness (QED) is 0.749. The van der Waals surface area contributed by atoms with Crippen LogP contribution in [0.3, 0.4) is 0 Å². The number of para-hydroxylation sites is 1. The molecular formula is C21H26N2O3. The Balaban J connectivity index is 2.10. The van der Waals surface area contributed by atoms with Crippen LogP contribution in [-0.2, 0) is 0 Å². The van der Waals surface area contributed by atoms with E-state index in [-0.39, 0.29) is 11.8 Å². The molecule has 2 amide bonds. The van der Waals surface area contributed by atoms with Gasteiger partial charge in [0, 0.05) is 17.8 Å². The summed E-state index contributed by atoms with van der Waals surface area (Å²) in [5.41, 5.74) is 1.54. The molecule has 2 aromatic rings. The molecule has 2 rings (SSSR count). The van der Waals surface area contributed by atoms with Crippen LogP contribution in [0, 0.1) is 5.92 Å². The molecule has 0 bridgehead atoms. The van der Waals surface area contributed by atoms with Gasteiger partial charge in [0.2, 0.25) is 0 Å². The van der Waals surface area contributed by atoms with E-state index in [4.69, 9.17) is 4.74 Å². The van der Waals surface area contributed by atoms with Crippen LogP contribution in [0.25, 0.3) is 0 Å². The second-order valence-electron chi connectivity index (χ2n) is 6.42. The van der Waals surface area contributed by atoms with Crippen molar-refractivity contribution in [1.82, 2.24) is 5.32 Å². The van der Waals surface area contributed by atoms with E-state index in [0.29, 0.717) is 41.6 Å². The van der Waals surface area contributed by atoms with Crippen molar-refractivity contribution in [3.8, 4) is 5.75 Å². The Bertz CT molecular complexity index is 756. The molecule has 0 aliphatic heterocycles. The molecule has 0 unspecified atom stereocenters. The first-order valence-electron chi connectivity index (χ1n) is 8.92. The van der Waals surface area contributed by atoms with Crippen molar-refractivity contribution in [2.24, 2.45) is 5.92 Å². The second-order valence-corrected chi connectivity index (χ2v) is 6.42. The first-order valence-corrected chi connectivity index (χ1v) is 8.92. The minimum atomic E-state index is -0.266. The zero-order valence-electron chi connectivity index (χ0n) is 15.5. The van der Waals surface area contributed by atoms with Crippen LogP contribution in [0.1, 0.15) is 47.9 Å². The second kappa shape index (κ2) is 9.61. The predicted octanol–water partition coefficient (Wildman–Crippen LogP) is 4.11. The molecule has 0 saturated carbocycles. The standard InChI is InChI=1S/C21H26N2O3/c1-4-22-20(24)16-8-7-9-17(14-16)23-21(25)18-10-5-6-11-19(18)26-13-12-15(2)3/h5-11,14-15H,4,12-13H2,1-3H3,(H,22,24)(H,23,25). The molecule has 138 valence electrons. The van der Waals surface area contributed by atoms with Gasteiger partial charge in [0.15, 0.2) is 0 Å². The first kappa shape index (κ1) is 19.5. The number of hydrogen-bond donors (Lipinski definition) is 2. The third-order valence-corrected chi connectivity index (χ3v) is 3.80. The number of amides is 2. The smallest absolute Gasteiger partial charge is 0.259 e. The number of carbonyl (C=O) groups is 2. The lowest BCUT2D eigenvalue weighted by Gasteiger charge is -2.13. The Morgan fingerprint density at radius 2 is 1.81 bits per heavy atom. The number of ether oxygens (including phenoxy) is 1. The van der Waals surface area contributed by atoms with Crippen LogP contribution in [-0.4, -0.2) is 25.0 Å². The van der Waals surface area contributed by atoms with Crippen molar-refractivity contribution < 1.29 is 14.3 Å². The van der Waals surface area contributed by atoms with Gasteiger partial charge in [-0.3, -0.25) is 9.59 Å². The largest absolute Gasteiger partial charge is 0.493 e. The van der Waals surface area contributed by atoms with Crippen molar-refractivity contribution in [2.75, 3.05) is 18.5 Å². The Kier molecular flexibility index (Phi) is 7.21. The summed E-state index contributed by atoms with van der Waals surface area (Å²) in [5, 5.41) is 5.58. The Morgan fingerprint density at radius 1 is 1.04 bits per heavy atom. The Labute approximate surface area is 154 Å². The summed E-state index contributed by atoms with van der Waals surface area (Å²) in [6, 6.07) is 14.0. The molecule has 0 saturated heterocycles. The summed E-state index contributed by atoms with van der Waals surface area (Å²) in [6.07, 6.45) is 0.921. The van der Waals surface area contributed by atoms with Crippen molar-refractivity contribution in [1.29, 1.82) is 0 Å². The molecule has 0 fully saturated rings. The highest BCUT2D eigenvalue weighted by Gasteiger charge is 2.13. The maximum atomic E-state index is 12.6. The predicted molar refractivity (Wildman–Crippen MR) is 104 cm³/mol. The summed E-state index contributed by atoms with van der Waals surface area (Å²) in [7, 11) is 0. The SMILES string of the molecule is CCNC(=O)c1cccc(NC(=O)c2ccccc2OCCC(C)C)c1. The summed E-state index contributed by atoms with van der Waals surface area (Å²) < 4.78 is 5.78. The van der Waals surface area contributed by atoms with Gasteiger partial charge >= 0.3 is 0 Å². The van der Waals surface area contributed by atoms with E-state index in [1.807, 2.05) is 13.0 Å². The van der Waals surface area contributed by atoms with E-state index >= 15 is 0 Å². The summed E-state index contributed by atoms with van der Waals surface area (Å²) in [5.74, 6) is 0.665. The lowest BCUT2D eigenvalue weighted by atomic mass is 10.1. The van der Waals surface area contributed by atoms with Gasteiger partial charge in [-0.1, -0.05) is 32.0 Å². The maximum Gasteiger partial charge on any atom is 0.259 e.